The number of nitrogens with one attached hydrogen (secondary N) is 1. The highest BCUT2D eigenvalue weighted by Gasteiger charge is 2.21. The Bertz CT molecular complexity index is 1100. The molecule has 31 heavy (non-hydrogen) atoms. The Morgan fingerprint density at radius 2 is 1.61 bits per heavy atom. The van der Waals surface area contributed by atoms with Crippen molar-refractivity contribution in [1.82, 2.24) is 4.90 Å². The van der Waals surface area contributed by atoms with Crippen LogP contribution in [0.4, 0.5) is 11.4 Å². The number of nitrogens with zero attached hydrogens (tertiary/aromatic N) is 2. The number of hydrogen-bond acceptors (Lipinski definition) is 5. The predicted octanol–water partition coefficient (Wildman–Crippen LogP) is 4.02. The van der Waals surface area contributed by atoms with E-state index in [1.165, 1.54) is 7.11 Å². The summed E-state index contributed by atoms with van der Waals surface area (Å²) in [5.74, 6) is -0.634. The lowest BCUT2D eigenvalue weighted by atomic mass is 10.1. The van der Waals surface area contributed by atoms with Gasteiger partial charge in [-0.15, -0.1) is 0 Å². The van der Waals surface area contributed by atoms with E-state index in [0.717, 1.165) is 49.2 Å². The molecule has 0 unspecified atom stereocenters. The molecule has 0 saturated carbocycles. The Labute approximate surface area is 182 Å². The lowest BCUT2D eigenvalue weighted by molar-refractivity contribution is 0.0600. The van der Waals surface area contributed by atoms with Gasteiger partial charge in [0.05, 0.1) is 24.0 Å². The Hall–Kier alpha value is -3.38. The molecule has 1 amide bonds. The standard InChI is InChI=1S/C25H27N3O3/c1-3-27-12-14-28(15-13-27)23-11-10-21(25(30)31-2)17-22(23)26-24(29)20-9-8-18-6-4-5-7-19(18)16-20/h4-11,16-17H,3,12-15H2,1-2H3,(H,26,29). The third-order valence-electron chi connectivity index (χ3n) is 5.84. The van der Waals surface area contributed by atoms with Crippen LogP contribution in [0.1, 0.15) is 27.6 Å². The summed E-state index contributed by atoms with van der Waals surface area (Å²) >= 11 is 0. The van der Waals surface area contributed by atoms with Crippen molar-refractivity contribution in [1.29, 1.82) is 0 Å². The predicted molar refractivity (Wildman–Crippen MR) is 124 cm³/mol. The van der Waals surface area contributed by atoms with E-state index in [2.05, 4.69) is 22.0 Å². The van der Waals surface area contributed by atoms with E-state index in [0.29, 0.717) is 16.8 Å². The maximum absolute atomic E-state index is 13.1. The molecule has 0 atom stereocenters. The van der Waals surface area contributed by atoms with E-state index >= 15 is 0 Å². The van der Waals surface area contributed by atoms with Crippen molar-refractivity contribution in [3.63, 3.8) is 0 Å². The van der Waals surface area contributed by atoms with Gasteiger partial charge in [0, 0.05) is 31.7 Å². The molecule has 0 radical (unpaired) electrons. The fourth-order valence-corrected chi connectivity index (χ4v) is 3.99. The van der Waals surface area contributed by atoms with Gasteiger partial charge in [-0.1, -0.05) is 37.3 Å². The molecule has 4 rings (SSSR count). The largest absolute Gasteiger partial charge is 0.465 e. The highest BCUT2D eigenvalue weighted by molar-refractivity contribution is 6.08. The molecule has 3 aromatic carbocycles. The van der Waals surface area contributed by atoms with Crippen molar-refractivity contribution < 1.29 is 14.3 Å². The zero-order chi connectivity index (χ0) is 21.8. The first-order valence-corrected chi connectivity index (χ1v) is 10.6. The van der Waals surface area contributed by atoms with Crippen molar-refractivity contribution in [3.05, 3.63) is 71.8 Å². The van der Waals surface area contributed by atoms with Crippen LogP contribution in [0.15, 0.2) is 60.7 Å². The summed E-state index contributed by atoms with van der Waals surface area (Å²) in [7, 11) is 1.35. The average molecular weight is 418 g/mol. The minimum Gasteiger partial charge on any atom is -0.465 e. The maximum Gasteiger partial charge on any atom is 0.337 e. The lowest BCUT2D eigenvalue weighted by Gasteiger charge is -2.36. The maximum atomic E-state index is 13.1. The van der Waals surface area contributed by atoms with Gasteiger partial charge in [0.15, 0.2) is 0 Å². The fourth-order valence-electron chi connectivity index (χ4n) is 3.99. The van der Waals surface area contributed by atoms with Gasteiger partial charge in [-0.3, -0.25) is 4.79 Å². The molecule has 1 aliphatic heterocycles. The minimum atomic E-state index is -0.427. The van der Waals surface area contributed by atoms with Gasteiger partial charge in [-0.05, 0) is 47.6 Å². The normalized spacial score (nSPS) is 14.5. The van der Waals surface area contributed by atoms with Crippen molar-refractivity contribution in [3.8, 4) is 0 Å². The molecule has 0 aromatic heterocycles. The van der Waals surface area contributed by atoms with Gasteiger partial charge in [-0.25, -0.2) is 4.79 Å². The first-order valence-electron chi connectivity index (χ1n) is 10.6. The number of ether oxygens (including phenoxy) is 1. The first kappa shape index (κ1) is 20.9. The van der Waals surface area contributed by atoms with Crippen molar-refractivity contribution in [2.45, 2.75) is 6.92 Å². The second-order valence-electron chi connectivity index (χ2n) is 7.66. The third kappa shape index (κ3) is 4.54. The molecule has 1 heterocycles. The monoisotopic (exact) mass is 417 g/mol. The number of rotatable bonds is 5. The number of fused-ring (bicyclic) bond motifs is 1. The Morgan fingerprint density at radius 1 is 0.903 bits per heavy atom. The minimum absolute atomic E-state index is 0.207. The van der Waals surface area contributed by atoms with Crippen LogP contribution in [0.2, 0.25) is 0 Å². The number of esters is 1. The highest BCUT2D eigenvalue weighted by Crippen LogP contribution is 2.29. The zero-order valence-electron chi connectivity index (χ0n) is 17.9. The second-order valence-corrected chi connectivity index (χ2v) is 7.66. The molecule has 1 saturated heterocycles. The number of benzene rings is 3. The first-order chi connectivity index (χ1) is 15.1. The Balaban J connectivity index is 1.63. The number of piperazine rings is 1. The van der Waals surface area contributed by atoms with Crippen LogP contribution in [0.3, 0.4) is 0 Å². The molecule has 6 nitrogen and oxygen atoms in total. The molecule has 0 bridgehead atoms. The van der Waals surface area contributed by atoms with Gasteiger partial charge in [0.1, 0.15) is 0 Å². The lowest BCUT2D eigenvalue weighted by Crippen LogP contribution is -2.46. The SMILES string of the molecule is CCN1CCN(c2ccc(C(=O)OC)cc2NC(=O)c2ccc3ccccc3c2)CC1. The van der Waals surface area contributed by atoms with Crippen LogP contribution >= 0.6 is 0 Å². The van der Waals surface area contributed by atoms with Crippen LogP contribution in [0, 0.1) is 0 Å². The van der Waals surface area contributed by atoms with Gasteiger partial charge in [-0.2, -0.15) is 0 Å². The van der Waals surface area contributed by atoms with E-state index in [-0.39, 0.29) is 5.91 Å². The quantitative estimate of drug-likeness (QED) is 0.636. The fraction of sp³-hybridized carbons (Fsp3) is 0.280. The molecule has 0 spiro atoms. The molecule has 1 fully saturated rings. The number of hydrogen-bond donors (Lipinski definition) is 1. The molecule has 0 aliphatic carbocycles. The van der Waals surface area contributed by atoms with E-state index in [9.17, 15) is 9.59 Å². The van der Waals surface area contributed by atoms with Crippen LogP contribution in [-0.2, 0) is 4.74 Å². The zero-order valence-corrected chi connectivity index (χ0v) is 17.9. The number of methoxy groups -OCH3 is 1. The molecular weight excluding hydrogens is 390 g/mol. The molecule has 6 heteroatoms. The summed E-state index contributed by atoms with van der Waals surface area (Å²) in [4.78, 5) is 29.8. The topological polar surface area (TPSA) is 61.9 Å². The van der Waals surface area contributed by atoms with E-state index in [1.807, 2.05) is 48.5 Å². The summed E-state index contributed by atoms with van der Waals surface area (Å²) < 4.78 is 4.87. The van der Waals surface area contributed by atoms with Crippen molar-refractivity contribution >= 4 is 34.0 Å². The van der Waals surface area contributed by atoms with Crippen LogP contribution in [0.5, 0.6) is 0 Å². The number of carbonyl (C=O) groups excluding carboxylic acids is 2. The summed E-state index contributed by atoms with van der Waals surface area (Å²) in [6, 6.07) is 18.9. The van der Waals surface area contributed by atoms with Gasteiger partial charge >= 0.3 is 5.97 Å². The van der Waals surface area contributed by atoms with E-state index < -0.39 is 5.97 Å². The number of anilines is 2. The second kappa shape index (κ2) is 9.18. The van der Waals surface area contributed by atoms with E-state index in [1.54, 1.807) is 12.1 Å². The molecule has 1 aliphatic rings. The molecular formula is C25H27N3O3. The van der Waals surface area contributed by atoms with Gasteiger partial charge < -0.3 is 19.9 Å². The van der Waals surface area contributed by atoms with Crippen LogP contribution in [0.25, 0.3) is 10.8 Å². The Morgan fingerprint density at radius 3 is 2.32 bits per heavy atom. The molecule has 3 aromatic rings. The van der Waals surface area contributed by atoms with Crippen LogP contribution in [-0.4, -0.2) is 56.6 Å². The Kier molecular flexibility index (Phi) is 6.18. The van der Waals surface area contributed by atoms with Crippen LogP contribution < -0.4 is 10.2 Å². The number of carbonyl (C=O) groups is 2. The average Bonchev–Trinajstić information content (AvgIpc) is 2.83. The summed E-state index contributed by atoms with van der Waals surface area (Å²) in [5.41, 5.74) is 2.51. The van der Waals surface area contributed by atoms with Crippen molar-refractivity contribution in [2.24, 2.45) is 0 Å². The van der Waals surface area contributed by atoms with Gasteiger partial charge in [0.25, 0.3) is 5.91 Å². The van der Waals surface area contributed by atoms with Gasteiger partial charge in [0.2, 0.25) is 0 Å². The summed E-state index contributed by atoms with van der Waals surface area (Å²) in [6.07, 6.45) is 0. The summed E-state index contributed by atoms with van der Waals surface area (Å²) in [6.45, 7) is 6.85. The summed E-state index contributed by atoms with van der Waals surface area (Å²) in [5, 5.41) is 5.12. The number of amides is 1. The van der Waals surface area contributed by atoms with E-state index in [4.69, 9.17) is 4.74 Å². The van der Waals surface area contributed by atoms with Crippen molar-refractivity contribution in [2.75, 3.05) is 50.1 Å². The molecule has 1 N–H and O–H groups in total. The number of likely N-dealkylation sites (N-methyl/N-ethyl adjacent to an activating group) is 1. The third-order valence-corrected chi connectivity index (χ3v) is 5.84. The highest BCUT2D eigenvalue weighted by atomic mass is 16.5. The molecule has 160 valence electrons. The smallest absolute Gasteiger partial charge is 0.337 e.